The summed E-state index contributed by atoms with van der Waals surface area (Å²) >= 11 is 1.69. The minimum absolute atomic E-state index is 0.0668. The van der Waals surface area contributed by atoms with E-state index in [2.05, 4.69) is 15.7 Å². The molecule has 0 aliphatic carbocycles. The molecule has 17 heavy (non-hydrogen) atoms. The summed E-state index contributed by atoms with van der Waals surface area (Å²) in [5.74, 6) is 0.204. The van der Waals surface area contributed by atoms with E-state index >= 15 is 0 Å². The van der Waals surface area contributed by atoms with Crippen LogP contribution < -0.4 is 5.32 Å². The Morgan fingerprint density at radius 2 is 2.59 bits per heavy atom. The van der Waals surface area contributed by atoms with Crippen molar-refractivity contribution in [2.45, 2.75) is 26.2 Å². The third kappa shape index (κ3) is 3.78. The Balaban J connectivity index is 1.61. The third-order valence-electron chi connectivity index (χ3n) is 2.83. The highest BCUT2D eigenvalue weighted by Gasteiger charge is 2.22. The monoisotopic (exact) mass is 254 g/mol. The molecule has 94 valence electrons. The lowest BCUT2D eigenvalue weighted by Gasteiger charge is -2.08. The number of hydrogen-bond donors (Lipinski definition) is 1. The summed E-state index contributed by atoms with van der Waals surface area (Å²) in [5.41, 5.74) is 1.08. The van der Waals surface area contributed by atoms with Crippen molar-refractivity contribution in [3.05, 3.63) is 16.1 Å². The van der Waals surface area contributed by atoms with E-state index in [1.807, 2.05) is 6.92 Å². The molecule has 0 spiro atoms. The lowest BCUT2D eigenvalue weighted by atomic mass is 10.1. The first kappa shape index (κ1) is 12.5. The summed E-state index contributed by atoms with van der Waals surface area (Å²) in [6.45, 7) is 4.03. The van der Waals surface area contributed by atoms with Gasteiger partial charge in [0.05, 0.1) is 17.5 Å². The molecule has 0 radical (unpaired) electrons. The molecule has 1 amide bonds. The minimum atomic E-state index is 0.0668. The second-order valence-corrected chi connectivity index (χ2v) is 5.28. The van der Waals surface area contributed by atoms with Crippen LogP contribution in [0.2, 0.25) is 0 Å². The van der Waals surface area contributed by atoms with Crippen molar-refractivity contribution >= 4 is 17.2 Å². The molecule has 0 unspecified atom stereocenters. The summed E-state index contributed by atoms with van der Waals surface area (Å²) < 4.78 is 5.19. The van der Waals surface area contributed by atoms with Crippen LogP contribution in [0.3, 0.4) is 0 Å². The van der Waals surface area contributed by atoms with Gasteiger partial charge in [-0.1, -0.05) is 0 Å². The number of thiazole rings is 1. The average Bonchev–Trinajstić information content (AvgIpc) is 2.95. The fraction of sp³-hybridized carbons (Fsp3) is 0.667. The van der Waals surface area contributed by atoms with E-state index in [0.717, 1.165) is 43.1 Å². The van der Waals surface area contributed by atoms with Gasteiger partial charge >= 0.3 is 0 Å². The van der Waals surface area contributed by atoms with E-state index in [1.54, 1.807) is 11.3 Å². The Morgan fingerprint density at radius 3 is 3.24 bits per heavy atom. The molecule has 1 N–H and O–H groups in total. The lowest BCUT2D eigenvalue weighted by Crippen LogP contribution is -2.31. The smallest absolute Gasteiger partial charge is 0.225 e. The van der Waals surface area contributed by atoms with Crippen molar-refractivity contribution in [1.82, 2.24) is 10.3 Å². The predicted octanol–water partition coefficient (Wildman–Crippen LogP) is 1.54. The number of nitrogens with one attached hydrogen (secondary N) is 1. The van der Waals surface area contributed by atoms with E-state index < -0.39 is 0 Å². The Labute approximate surface area is 105 Å². The summed E-state index contributed by atoms with van der Waals surface area (Å²) in [6.07, 6.45) is 2.75. The topological polar surface area (TPSA) is 51.2 Å². The molecule has 1 aliphatic rings. The quantitative estimate of drug-likeness (QED) is 0.811. The van der Waals surface area contributed by atoms with E-state index in [1.165, 1.54) is 0 Å². The predicted molar refractivity (Wildman–Crippen MR) is 67.1 cm³/mol. The van der Waals surface area contributed by atoms with Gasteiger partial charge in [0.1, 0.15) is 0 Å². The summed E-state index contributed by atoms with van der Waals surface area (Å²) in [5, 5.41) is 6.17. The molecule has 2 heterocycles. The molecule has 1 fully saturated rings. The maximum Gasteiger partial charge on any atom is 0.225 e. The van der Waals surface area contributed by atoms with Gasteiger partial charge in [-0.2, -0.15) is 0 Å². The van der Waals surface area contributed by atoms with E-state index in [9.17, 15) is 4.79 Å². The van der Waals surface area contributed by atoms with Crippen molar-refractivity contribution in [2.24, 2.45) is 5.92 Å². The zero-order valence-corrected chi connectivity index (χ0v) is 10.9. The molecule has 0 aromatic carbocycles. The summed E-state index contributed by atoms with van der Waals surface area (Å²) in [6, 6.07) is 0. The van der Waals surface area contributed by atoms with Gasteiger partial charge in [-0.3, -0.25) is 4.79 Å². The van der Waals surface area contributed by atoms with Gasteiger partial charge in [0.2, 0.25) is 5.91 Å². The molecule has 4 nitrogen and oxygen atoms in total. The van der Waals surface area contributed by atoms with Crippen LogP contribution in [-0.2, 0) is 16.0 Å². The van der Waals surface area contributed by atoms with Crippen molar-refractivity contribution < 1.29 is 9.53 Å². The number of aromatic nitrogens is 1. The van der Waals surface area contributed by atoms with Crippen LogP contribution in [0.1, 0.15) is 23.5 Å². The van der Waals surface area contributed by atoms with Crippen molar-refractivity contribution in [2.75, 3.05) is 19.8 Å². The van der Waals surface area contributed by atoms with Gasteiger partial charge in [0.25, 0.3) is 0 Å². The first-order valence-corrected chi connectivity index (χ1v) is 6.90. The molecule has 2 rings (SSSR count). The Morgan fingerprint density at radius 1 is 1.71 bits per heavy atom. The highest BCUT2D eigenvalue weighted by molar-refractivity contribution is 7.09. The van der Waals surface area contributed by atoms with Crippen molar-refractivity contribution in [3.63, 3.8) is 0 Å². The zero-order chi connectivity index (χ0) is 12.1. The number of rotatable bonds is 5. The fourth-order valence-electron chi connectivity index (χ4n) is 1.85. The molecule has 1 aromatic heterocycles. The number of ether oxygens (including phenoxy) is 1. The second kappa shape index (κ2) is 6.12. The number of nitrogens with zero attached hydrogens (tertiary/aromatic N) is 1. The second-order valence-electron chi connectivity index (χ2n) is 4.34. The van der Waals surface area contributed by atoms with Gasteiger partial charge in [-0.15, -0.1) is 11.3 Å². The van der Waals surface area contributed by atoms with Gasteiger partial charge < -0.3 is 10.1 Å². The van der Waals surface area contributed by atoms with Crippen LogP contribution in [0.4, 0.5) is 0 Å². The Hall–Kier alpha value is -0.940. The van der Waals surface area contributed by atoms with Gasteiger partial charge in [0.15, 0.2) is 0 Å². The zero-order valence-electron chi connectivity index (χ0n) is 10.1. The molecule has 5 heteroatoms. The van der Waals surface area contributed by atoms with Gasteiger partial charge in [0, 0.05) is 30.6 Å². The number of carbonyl (C=O) groups excluding carboxylic acids is 1. The molecule has 1 aliphatic heterocycles. The average molecular weight is 254 g/mol. The van der Waals surface area contributed by atoms with Gasteiger partial charge in [-0.25, -0.2) is 4.98 Å². The maximum absolute atomic E-state index is 11.7. The third-order valence-corrected chi connectivity index (χ3v) is 3.86. The molecule has 0 bridgehead atoms. The van der Waals surface area contributed by atoms with Gasteiger partial charge in [-0.05, 0) is 19.8 Å². The van der Waals surface area contributed by atoms with E-state index in [-0.39, 0.29) is 11.8 Å². The summed E-state index contributed by atoms with van der Waals surface area (Å²) in [4.78, 5) is 16.0. The SMILES string of the molecule is Cc1csc(CCCNC(=O)[C@@H]2CCOC2)n1. The highest BCUT2D eigenvalue weighted by atomic mass is 32.1. The Bertz CT molecular complexity index is 372. The Kier molecular flexibility index (Phi) is 4.50. The first-order chi connectivity index (χ1) is 8.25. The van der Waals surface area contributed by atoms with Crippen LogP contribution in [0, 0.1) is 12.8 Å². The minimum Gasteiger partial charge on any atom is -0.381 e. The van der Waals surface area contributed by atoms with Crippen molar-refractivity contribution in [3.8, 4) is 0 Å². The molecule has 1 atom stereocenters. The van der Waals surface area contributed by atoms with Crippen LogP contribution >= 0.6 is 11.3 Å². The first-order valence-electron chi connectivity index (χ1n) is 6.02. The number of aryl methyl sites for hydroxylation is 2. The molecular formula is C12H18N2O2S. The van der Waals surface area contributed by atoms with Crippen LogP contribution in [0.5, 0.6) is 0 Å². The number of amides is 1. The van der Waals surface area contributed by atoms with E-state index in [0.29, 0.717) is 6.61 Å². The normalized spacial score (nSPS) is 19.5. The highest BCUT2D eigenvalue weighted by Crippen LogP contribution is 2.12. The molecule has 0 saturated carbocycles. The largest absolute Gasteiger partial charge is 0.381 e. The number of hydrogen-bond acceptors (Lipinski definition) is 4. The van der Waals surface area contributed by atoms with Crippen LogP contribution in [-0.4, -0.2) is 30.6 Å². The lowest BCUT2D eigenvalue weighted by molar-refractivity contribution is -0.124. The molecular weight excluding hydrogens is 236 g/mol. The maximum atomic E-state index is 11.7. The van der Waals surface area contributed by atoms with Crippen molar-refractivity contribution in [1.29, 1.82) is 0 Å². The van der Waals surface area contributed by atoms with Crippen LogP contribution in [0.25, 0.3) is 0 Å². The standard InChI is InChI=1S/C12H18N2O2S/c1-9-8-17-11(14-9)3-2-5-13-12(15)10-4-6-16-7-10/h8,10H,2-7H2,1H3,(H,13,15)/t10-/m1/s1. The van der Waals surface area contributed by atoms with Crippen LogP contribution in [0.15, 0.2) is 5.38 Å². The van der Waals surface area contributed by atoms with E-state index in [4.69, 9.17) is 4.74 Å². The fourth-order valence-corrected chi connectivity index (χ4v) is 2.67. The number of carbonyl (C=O) groups is 1. The molecule has 1 aromatic rings. The summed E-state index contributed by atoms with van der Waals surface area (Å²) in [7, 11) is 0. The molecule has 1 saturated heterocycles.